The highest BCUT2D eigenvalue weighted by Crippen LogP contribution is 2.35. The maximum atomic E-state index is 12.5. The highest BCUT2D eigenvalue weighted by Gasteiger charge is 2.18. The van der Waals surface area contributed by atoms with Crippen LogP contribution in [0, 0.1) is 0 Å². The van der Waals surface area contributed by atoms with Crippen LogP contribution in [-0.4, -0.2) is 12.9 Å². The third kappa shape index (κ3) is 2.45. The van der Waals surface area contributed by atoms with E-state index < -0.39 is 6.43 Å². The fourth-order valence-corrected chi connectivity index (χ4v) is 1.40. The number of ether oxygens (including phenoxy) is 1. The SMILES string of the molecule is COc1cc(C(C)=O)cc(C(F)F)c1Cl. The first-order valence-electron chi connectivity index (χ1n) is 4.14. The van der Waals surface area contributed by atoms with Gasteiger partial charge in [-0.1, -0.05) is 11.6 Å². The Hall–Kier alpha value is -1.16. The van der Waals surface area contributed by atoms with Crippen LogP contribution in [0.2, 0.25) is 5.02 Å². The lowest BCUT2D eigenvalue weighted by atomic mass is 10.1. The van der Waals surface area contributed by atoms with Gasteiger partial charge in [0.15, 0.2) is 5.78 Å². The second kappa shape index (κ2) is 4.57. The van der Waals surface area contributed by atoms with Crippen LogP contribution in [0.3, 0.4) is 0 Å². The highest BCUT2D eigenvalue weighted by molar-refractivity contribution is 6.33. The molecule has 0 aliphatic carbocycles. The Balaban J connectivity index is 3.38. The first-order valence-corrected chi connectivity index (χ1v) is 4.51. The number of hydrogen-bond acceptors (Lipinski definition) is 2. The van der Waals surface area contributed by atoms with Crippen LogP contribution in [0.4, 0.5) is 8.78 Å². The van der Waals surface area contributed by atoms with Crippen molar-refractivity contribution >= 4 is 17.4 Å². The summed E-state index contributed by atoms with van der Waals surface area (Å²) in [5.41, 5.74) is -0.229. The van der Waals surface area contributed by atoms with Crippen LogP contribution >= 0.6 is 11.6 Å². The molecular formula is C10H9ClF2O2. The standard InChI is InChI=1S/C10H9ClF2O2/c1-5(14)6-3-7(10(12)13)9(11)8(4-6)15-2/h3-4,10H,1-2H3. The molecular weight excluding hydrogens is 226 g/mol. The smallest absolute Gasteiger partial charge is 0.265 e. The van der Waals surface area contributed by atoms with Crippen molar-refractivity contribution in [3.05, 3.63) is 28.3 Å². The van der Waals surface area contributed by atoms with Crippen LogP contribution in [0.25, 0.3) is 0 Å². The summed E-state index contributed by atoms with van der Waals surface area (Å²) in [6.07, 6.45) is -2.73. The number of carbonyl (C=O) groups is 1. The average Bonchev–Trinajstić information content (AvgIpc) is 2.17. The monoisotopic (exact) mass is 234 g/mol. The molecule has 0 atom stereocenters. The van der Waals surface area contributed by atoms with Gasteiger partial charge in [-0.15, -0.1) is 0 Å². The number of carbonyl (C=O) groups excluding carboxylic acids is 1. The summed E-state index contributed by atoms with van der Waals surface area (Å²) >= 11 is 5.66. The number of alkyl halides is 2. The molecule has 0 fully saturated rings. The predicted octanol–water partition coefficient (Wildman–Crippen LogP) is 3.49. The number of Topliss-reactive ketones (excluding diaryl/α,β-unsaturated/α-hetero) is 1. The van der Waals surface area contributed by atoms with Crippen molar-refractivity contribution in [1.29, 1.82) is 0 Å². The van der Waals surface area contributed by atoms with E-state index in [-0.39, 0.29) is 27.7 Å². The van der Waals surface area contributed by atoms with Gasteiger partial charge < -0.3 is 4.74 Å². The Morgan fingerprint density at radius 1 is 1.47 bits per heavy atom. The molecule has 82 valence electrons. The molecule has 0 saturated heterocycles. The molecule has 0 aliphatic rings. The van der Waals surface area contributed by atoms with E-state index in [1.54, 1.807) is 0 Å². The minimum atomic E-state index is -2.73. The average molecular weight is 235 g/mol. The molecule has 1 aromatic carbocycles. The molecule has 1 aromatic rings. The second-order valence-corrected chi connectivity index (χ2v) is 3.32. The third-order valence-corrected chi connectivity index (χ3v) is 2.33. The van der Waals surface area contributed by atoms with E-state index in [2.05, 4.69) is 0 Å². The van der Waals surface area contributed by atoms with Gasteiger partial charge in [0, 0.05) is 11.1 Å². The van der Waals surface area contributed by atoms with E-state index in [1.807, 2.05) is 0 Å². The quantitative estimate of drug-likeness (QED) is 0.749. The van der Waals surface area contributed by atoms with E-state index >= 15 is 0 Å². The van der Waals surface area contributed by atoms with E-state index in [0.717, 1.165) is 6.07 Å². The Morgan fingerprint density at radius 2 is 2.07 bits per heavy atom. The summed E-state index contributed by atoms with van der Waals surface area (Å²) in [6, 6.07) is 2.42. The van der Waals surface area contributed by atoms with E-state index in [0.29, 0.717) is 0 Å². The van der Waals surface area contributed by atoms with Crippen molar-refractivity contribution in [1.82, 2.24) is 0 Å². The zero-order valence-electron chi connectivity index (χ0n) is 8.18. The molecule has 15 heavy (non-hydrogen) atoms. The lowest BCUT2D eigenvalue weighted by Crippen LogP contribution is -1.98. The lowest BCUT2D eigenvalue weighted by molar-refractivity contribution is 0.101. The largest absolute Gasteiger partial charge is 0.495 e. The number of ketones is 1. The molecule has 0 amide bonds. The maximum absolute atomic E-state index is 12.5. The lowest BCUT2D eigenvalue weighted by Gasteiger charge is -2.10. The zero-order valence-corrected chi connectivity index (χ0v) is 8.94. The molecule has 2 nitrogen and oxygen atoms in total. The van der Waals surface area contributed by atoms with Gasteiger partial charge in [0.1, 0.15) is 5.75 Å². The summed E-state index contributed by atoms with van der Waals surface area (Å²) in [4.78, 5) is 11.1. The fourth-order valence-electron chi connectivity index (χ4n) is 1.13. The summed E-state index contributed by atoms with van der Waals surface area (Å²) in [5.74, 6) is -0.230. The molecule has 5 heteroatoms. The van der Waals surface area contributed by atoms with E-state index in [4.69, 9.17) is 16.3 Å². The first-order chi connectivity index (χ1) is 6.97. The molecule has 0 N–H and O–H groups in total. The molecule has 0 aromatic heterocycles. The Kier molecular flexibility index (Phi) is 3.63. The summed E-state index contributed by atoms with van der Waals surface area (Å²) in [6.45, 7) is 1.29. The van der Waals surface area contributed by atoms with Gasteiger partial charge >= 0.3 is 0 Å². The first kappa shape index (κ1) is 11.9. The Morgan fingerprint density at radius 3 is 2.47 bits per heavy atom. The minimum absolute atomic E-state index is 0.0830. The van der Waals surface area contributed by atoms with Crippen molar-refractivity contribution in [2.24, 2.45) is 0 Å². The molecule has 0 radical (unpaired) electrons. The molecule has 1 rings (SSSR count). The second-order valence-electron chi connectivity index (χ2n) is 2.94. The predicted molar refractivity (Wildman–Crippen MR) is 53.0 cm³/mol. The summed E-state index contributed by atoms with van der Waals surface area (Å²) in [5, 5.41) is -0.155. The zero-order chi connectivity index (χ0) is 11.6. The van der Waals surface area contributed by atoms with E-state index in [1.165, 1.54) is 20.1 Å². The Labute approximate surface area is 90.8 Å². The highest BCUT2D eigenvalue weighted by atomic mass is 35.5. The molecule has 0 aliphatic heterocycles. The minimum Gasteiger partial charge on any atom is -0.495 e. The number of rotatable bonds is 3. The molecule has 0 spiro atoms. The van der Waals surface area contributed by atoms with Crippen LogP contribution < -0.4 is 4.74 Å². The van der Waals surface area contributed by atoms with Gasteiger partial charge in [0.25, 0.3) is 6.43 Å². The topological polar surface area (TPSA) is 26.3 Å². The van der Waals surface area contributed by atoms with Gasteiger partial charge in [-0.05, 0) is 19.1 Å². The van der Waals surface area contributed by atoms with Crippen molar-refractivity contribution < 1.29 is 18.3 Å². The maximum Gasteiger partial charge on any atom is 0.265 e. The normalized spacial score (nSPS) is 10.5. The number of hydrogen-bond donors (Lipinski definition) is 0. The van der Waals surface area contributed by atoms with Gasteiger partial charge in [-0.2, -0.15) is 0 Å². The van der Waals surface area contributed by atoms with E-state index in [9.17, 15) is 13.6 Å². The van der Waals surface area contributed by atoms with Crippen LogP contribution in [0.1, 0.15) is 29.3 Å². The number of halogens is 3. The van der Waals surface area contributed by atoms with Gasteiger partial charge in [0.05, 0.1) is 12.1 Å². The fraction of sp³-hybridized carbons (Fsp3) is 0.300. The van der Waals surface area contributed by atoms with Crippen molar-refractivity contribution in [2.45, 2.75) is 13.3 Å². The van der Waals surface area contributed by atoms with Gasteiger partial charge in [-0.3, -0.25) is 4.79 Å². The van der Waals surface area contributed by atoms with Crippen molar-refractivity contribution in [3.8, 4) is 5.75 Å². The molecule has 0 unspecified atom stereocenters. The number of benzene rings is 1. The third-order valence-electron chi connectivity index (χ3n) is 1.93. The number of methoxy groups -OCH3 is 1. The Bertz CT molecular complexity index is 391. The van der Waals surface area contributed by atoms with Crippen molar-refractivity contribution in [2.75, 3.05) is 7.11 Å². The molecule has 0 saturated carbocycles. The van der Waals surface area contributed by atoms with Crippen LogP contribution in [0.15, 0.2) is 12.1 Å². The summed E-state index contributed by atoms with van der Waals surface area (Å²) < 4.78 is 29.9. The van der Waals surface area contributed by atoms with Gasteiger partial charge in [-0.25, -0.2) is 8.78 Å². The molecule has 0 bridgehead atoms. The van der Waals surface area contributed by atoms with Crippen LogP contribution in [0.5, 0.6) is 5.75 Å². The van der Waals surface area contributed by atoms with Crippen LogP contribution in [-0.2, 0) is 0 Å². The van der Waals surface area contributed by atoms with Gasteiger partial charge in [0.2, 0.25) is 0 Å². The van der Waals surface area contributed by atoms with Crippen molar-refractivity contribution in [3.63, 3.8) is 0 Å². The molecule has 0 heterocycles. The summed E-state index contributed by atoms with van der Waals surface area (Å²) in [7, 11) is 1.31.